The normalized spacial score (nSPS) is 10.6. The Morgan fingerprint density at radius 2 is 1.80 bits per heavy atom. The highest BCUT2D eigenvalue weighted by Crippen LogP contribution is 2.23. The molecule has 0 fully saturated rings. The largest absolute Gasteiger partial charge is 0.397 e. The molecule has 0 radical (unpaired) electrons. The molecule has 104 valence electrons. The van der Waals surface area contributed by atoms with Crippen LogP contribution in [0, 0.1) is 5.82 Å². The van der Waals surface area contributed by atoms with E-state index in [0.29, 0.717) is 11.5 Å². The molecule has 2 rings (SSSR count). The van der Waals surface area contributed by atoms with Crippen molar-refractivity contribution in [2.45, 2.75) is 19.8 Å². The molecule has 2 aromatic rings. The minimum Gasteiger partial charge on any atom is -0.397 e. The fourth-order valence-corrected chi connectivity index (χ4v) is 1.88. The standard InChI is InChI=1S/C16H17FN2O/c1-10(2)11-6-8-12(9-7-11)16(20)19-15-13(17)4-3-5-14(15)18/h3-10H,18H2,1-2H3,(H,19,20). The van der Waals surface area contributed by atoms with E-state index in [1.54, 1.807) is 18.2 Å². The lowest BCUT2D eigenvalue weighted by atomic mass is 10.0. The molecule has 0 unspecified atom stereocenters. The van der Waals surface area contributed by atoms with Gasteiger partial charge in [-0.05, 0) is 35.7 Å². The first-order valence-corrected chi connectivity index (χ1v) is 6.44. The molecule has 2 aromatic carbocycles. The number of rotatable bonds is 3. The van der Waals surface area contributed by atoms with Crippen molar-refractivity contribution in [2.24, 2.45) is 0 Å². The number of nitrogen functional groups attached to an aromatic ring is 1. The summed E-state index contributed by atoms with van der Waals surface area (Å²) in [5, 5.41) is 2.50. The molecule has 0 saturated heterocycles. The molecule has 0 aliphatic rings. The fourth-order valence-electron chi connectivity index (χ4n) is 1.88. The summed E-state index contributed by atoms with van der Waals surface area (Å²) < 4.78 is 13.6. The molecule has 1 amide bonds. The molecule has 3 nitrogen and oxygen atoms in total. The average molecular weight is 272 g/mol. The summed E-state index contributed by atoms with van der Waals surface area (Å²) in [7, 11) is 0. The van der Waals surface area contributed by atoms with Crippen molar-refractivity contribution in [2.75, 3.05) is 11.1 Å². The zero-order valence-electron chi connectivity index (χ0n) is 11.5. The van der Waals surface area contributed by atoms with Crippen LogP contribution in [0.3, 0.4) is 0 Å². The van der Waals surface area contributed by atoms with Gasteiger partial charge < -0.3 is 11.1 Å². The van der Waals surface area contributed by atoms with Gasteiger partial charge in [0.05, 0.1) is 5.69 Å². The minimum absolute atomic E-state index is 0.0189. The van der Waals surface area contributed by atoms with Gasteiger partial charge in [0.1, 0.15) is 11.5 Å². The number of anilines is 2. The van der Waals surface area contributed by atoms with Gasteiger partial charge in [0, 0.05) is 5.56 Å². The van der Waals surface area contributed by atoms with Crippen LogP contribution in [0.1, 0.15) is 35.7 Å². The van der Waals surface area contributed by atoms with E-state index in [1.807, 2.05) is 12.1 Å². The number of carbonyl (C=O) groups excluding carboxylic acids is 1. The van der Waals surface area contributed by atoms with Gasteiger partial charge in [0.2, 0.25) is 0 Å². The Morgan fingerprint density at radius 1 is 1.15 bits per heavy atom. The van der Waals surface area contributed by atoms with Gasteiger partial charge >= 0.3 is 0 Å². The number of nitrogens with two attached hydrogens (primary N) is 1. The predicted octanol–water partition coefficient (Wildman–Crippen LogP) is 3.78. The Morgan fingerprint density at radius 3 is 2.35 bits per heavy atom. The Hall–Kier alpha value is -2.36. The van der Waals surface area contributed by atoms with Crippen LogP contribution in [0.4, 0.5) is 15.8 Å². The van der Waals surface area contributed by atoms with Crippen molar-refractivity contribution in [3.8, 4) is 0 Å². The molecule has 0 spiro atoms. The number of benzene rings is 2. The molecule has 4 heteroatoms. The molecular weight excluding hydrogens is 255 g/mol. The van der Waals surface area contributed by atoms with Crippen molar-refractivity contribution >= 4 is 17.3 Å². The molecule has 20 heavy (non-hydrogen) atoms. The number of nitrogens with one attached hydrogen (secondary N) is 1. The predicted molar refractivity (Wildman–Crippen MR) is 79.3 cm³/mol. The molecule has 0 aliphatic heterocycles. The minimum atomic E-state index is -0.544. The van der Waals surface area contributed by atoms with Crippen LogP contribution < -0.4 is 11.1 Å². The number of amides is 1. The van der Waals surface area contributed by atoms with E-state index in [2.05, 4.69) is 19.2 Å². The van der Waals surface area contributed by atoms with Crippen LogP contribution in [0.2, 0.25) is 0 Å². The number of halogens is 1. The molecule has 0 atom stereocenters. The van der Waals surface area contributed by atoms with E-state index in [9.17, 15) is 9.18 Å². The smallest absolute Gasteiger partial charge is 0.255 e. The third kappa shape index (κ3) is 2.96. The highest BCUT2D eigenvalue weighted by atomic mass is 19.1. The second-order valence-corrected chi connectivity index (χ2v) is 4.93. The first kappa shape index (κ1) is 14.1. The topological polar surface area (TPSA) is 55.1 Å². The number of carbonyl (C=O) groups is 1. The van der Waals surface area contributed by atoms with Gasteiger partial charge in [0.25, 0.3) is 5.91 Å². The number of hydrogen-bond acceptors (Lipinski definition) is 2. The van der Waals surface area contributed by atoms with Crippen molar-refractivity contribution in [1.82, 2.24) is 0 Å². The van der Waals surface area contributed by atoms with E-state index in [4.69, 9.17) is 5.73 Å². The monoisotopic (exact) mass is 272 g/mol. The lowest BCUT2D eigenvalue weighted by molar-refractivity contribution is 0.102. The first-order valence-electron chi connectivity index (χ1n) is 6.44. The fraction of sp³-hybridized carbons (Fsp3) is 0.188. The van der Waals surface area contributed by atoms with Gasteiger partial charge in [0.15, 0.2) is 0 Å². The summed E-state index contributed by atoms with van der Waals surface area (Å²) in [5.74, 6) is -0.524. The van der Waals surface area contributed by atoms with E-state index in [-0.39, 0.29) is 17.3 Å². The number of hydrogen-bond donors (Lipinski definition) is 2. The summed E-state index contributed by atoms with van der Waals surface area (Å²) in [6, 6.07) is 11.5. The molecule has 0 bridgehead atoms. The highest BCUT2D eigenvalue weighted by Gasteiger charge is 2.12. The SMILES string of the molecule is CC(C)c1ccc(C(=O)Nc2c(N)cccc2F)cc1. The van der Waals surface area contributed by atoms with Crippen molar-refractivity contribution < 1.29 is 9.18 Å². The van der Waals surface area contributed by atoms with Gasteiger partial charge in [-0.2, -0.15) is 0 Å². The molecule has 0 aromatic heterocycles. The summed E-state index contributed by atoms with van der Waals surface area (Å²) in [5.41, 5.74) is 7.50. The summed E-state index contributed by atoms with van der Waals surface area (Å²) >= 11 is 0. The Kier molecular flexibility index (Phi) is 4.03. The van der Waals surface area contributed by atoms with Crippen LogP contribution in [-0.2, 0) is 0 Å². The van der Waals surface area contributed by atoms with E-state index < -0.39 is 5.82 Å². The maximum absolute atomic E-state index is 13.6. The number of para-hydroxylation sites is 1. The third-order valence-corrected chi connectivity index (χ3v) is 3.12. The van der Waals surface area contributed by atoms with E-state index in [0.717, 1.165) is 5.56 Å². The van der Waals surface area contributed by atoms with Gasteiger partial charge in [-0.1, -0.05) is 32.0 Å². The Labute approximate surface area is 117 Å². The van der Waals surface area contributed by atoms with Crippen molar-refractivity contribution in [3.63, 3.8) is 0 Å². The Bertz CT molecular complexity index is 601. The van der Waals surface area contributed by atoms with Crippen LogP contribution >= 0.6 is 0 Å². The second kappa shape index (κ2) is 5.74. The van der Waals surface area contributed by atoms with E-state index >= 15 is 0 Å². The quantitative estimate of drug-likeness (QED) is 0.835. The lowest BCUT2D eigenvalue weighted by Gasteiger charge is -2.10. The maximum Gasteiger partial charge on any atom is 0.255 e. The molecule has 0 saturated carbocycles. The third-order valence-electron chi connectivity index (χ3n) is 3.12. The van der Waals surface area contributed by atoms with Gasteiger partial charge in [-0.15, -0.1) is 0 Å². The van der Waals surface area contributed by atoms with Gasteiger partial charge in [-0.3, -0.25) is 4.79 Å². The Balaban J connectivity index is 2.20. The lowest BCUT2D eigenvalue weighted by Crippen LogP contribution is -2.14. The zero-order chi connectivity index (χ0) is 14.7. The van der Waals surface area contributed by atoms with E-state index in [1.165, 1.54) is 12.1 Å². The summed E-state index contributed by atoms with van der Waals surface area (Å²) in [4.78, 5) is 12.1. The summed E-state index contributed by atoms with van der Waals surface area (Å²) in [6.45, 7) is 4.16. The molecule has 0 aliphatic carbocycles. The second-order valence-electron chi connectivity index (χ2n) is 4.93. The molecule has 0 heterocycles. The maximum atomic E-state index is 13.6. The van der Waals surface area contributed by atoms with Crippen LogP contribution in [0.5, 0.6) is 0 Å². The van der Waals surface area contributed by atoms with Crippen molar-refractivity contribution in [3.05, 3.63) is 59.4 Å². The highest BCUT2D eigenvalue weighted by molar-refractivity contribution is 6.05. The summed E-state index contributed by atoms with van der Waals surface area (Å²) in [6.07, 6.45) is 0. The average Bonchev–Trinajstić information content (AvgIpc) is 2.43. The van der Waals surface area contributed by atoms with Gasteiger partial charge in [-0.25, -0.2) is 4.39 Å². The molecular formula is C16H17FN2O. The molecule has 3 N–H and O–H groups in total. The first-order chi connectivity index (χ1) is 9.49. The van der Waals surface area contributed by atoms with Crippen LogP contribution in [0.15, 0.2) is 42.5 Å². The van der Waals surface area contributed by atoms with Crippen molar-refractivity contribution in [1.29, 1.82) is 0 Å². The van der Waals surface area contributed by atoms with Crippen LogP contribution in [-0.4, -0.2) is 5.91 Å². The zero-order valence-corrected chi connectivity index (χ0v) is 11.5. The van der Waals surface area contributed by atoms with Crippen LogP contribution in [0.25, 0.3) is 0 Å².